The normalized spacial score (nSPS) is 25.4. The molecule has 5 heteroatoms. The molecule has 1 heterocycles. The molecule has 2 rings (SSSR count). The first-order valence-corrected chi connectivity index (χ1v) is 6.73. The quantitative estimate of drug-likeness (QED) is 0.860. The van der Waals surface area contributed by atoms with Gasteiger partial charge in [-0.2, -0.15) is 0 Å². The first-order chi connectivity index (χ1) is 8.48. The Morgan fingerprint density at radius 3 is 2.67 bits per heavy atom. The minimum atomic E-state index is -0.490. The summed E-state index contributed by atoms with van der Waals surface area (Å²) in [6.45, 7) is 2.59. The molecule has 0 spiro atoms. The zero-order valence-electron chi connectivity index (χ0n) is 10.4. The average molecular weight is 320 g/mol. The topological polar surface area (TPSA) is 21.3 Å². The molecule has 1 N–H and O–H groups in total. The largest absolute Gasteiger partial charge is 0.373 e. The number of hydrogen-bond donors (Lipinski definition) is 1. The number of halogens is 3. The van der Waals surface area contributed by atoms with E-state index < -0.39 is 17.2 Å². The van der Waals surface area contributed by atoms with Gasteiger partial charge in [0.15, 0.2) is 0 Å². The van der Waals surface area contributed by atoms with Gasteiger partial charge < -0.3 is 10.1 Å². The van der Waals surface area contributed by atoms with Crippen LogP contribution in [0.4, 0.5) is 8.78 Å². The lowest BCUT2D eigenvalue weighted by Crippen LogP contribution is -2.40. The second-order valence-electron chi connectivity index (χ2n) is 4.77. The van der Waals surface area contributed by atoms with Crippen LogP contribution >= 0.6 is 15.9 Å². The Morgan fingerprint density at radius 1 is 1.39 bits per heavy atom. The molecule has 0 aromatic heterocycles. The molecule has 1 aliphatic rings. The van der Waals surface area contributed by atoms with E-state index in [0.717, 1.165) is 18.9 Å². The zero-order chi connectivity index (χ0) is 13.3. The molecule has 1 fully saturated rings. The van der Waals surface area contributed by atoms with Crippen LogP contribution < -0.4 is 5.32 Å². The van der Waals surface area contributed by atoms with Crippen molar-refractivity contribution in [3.8, 4) is 0 Å². The van der Waals surface area contributed by atoms with E-state index in [9.17, 15) is 8.78 Å². The van der Waals surface area contributed by atoms with Gasteiger partial charge in [-0.3, -0.25) is 0 Å². The van der Waals surface area contributed by atoms with Crippen molar-refractivity contribution < 1.29 is 13.5 Å². The lowest BCUT2D eigenvalue weighted by molar-refractivity contribution is -0.0114. The van der Waals surface area contributed by atoms with Crippen LogP contribution in [0.1, 0.15) is 31.4 Å². The molecule has 2 nitrogen and oxygen atoms in total. The number of benzene rings is 1. The summed E-state index contributed by atoms with van der Waals surface area (Å²) in [5.41, 5.74) is -0.182. The number of ether oxygens (including phenoxy) is 1. The summed E-state index contributed by atoms with van der Waals surface area (Å²) in [5.74, 6) is -0.896. The number of likely N-dealkylation sites (N-methyl/N-ethyl adjacent to an activating group) is 1. The summed E-state index contributed by atoms with van der Waals surface area (Å²) < 4.78 is 33.4. The van der Waals surface area contributed by atoms with Crippen LogP contribution in [0.3, 0.4) is 0 Å². The van der Waals surface area contributed by atoms with E-state index in [-0.39, 0.29) is 10.5 Å². The zero-order valence-corrected chi connectivity index (χ0v) is 12.0. The van der Waals surface area contributed by atoms with Crippen LogP contribution in [-0.2, 0) is 4.74 Å². The molecule has 1 saturated heterocycles. The van der Waals surface area contributed by atoms with Gasteiger partial charge in [0.25, 0.3) is 0 Å². The van der Waals surface area contributed by atoms with E-state index in [2.05, 4.69) is 21.2 Å². The number of nitrogens with one attached hydrogen (secondary N) is 1. The summed E-state index contributed by atoms with van der Waals surface area (Å²) in [5, 5.41) is 3.04. The lowest BCUT2D eigenvalue weighted by atomic mass is 9.87. The smallest absolute Gasteiger partial charge is 0.137 e. The third-order valence-electron chi connectivity index (χ3n) is 3.50. The molecule has 2 atom stereocenters. The number of rotatable bonds is 3. The fourth-order valence-electron chi connectivity index (χ4n) is 2.58. The predicted molar refractivity (Wildman–Crippen MR) is 69.4 cm³/mol. The highest BCUT2D eigenvalue weighted by molar-refractivity contribution is 9.10. The highest BCUT2D eigenvalue weighted by atomic mass is 79.9. The Hall–Kier alpha value is -0.520. The van der Waals surface area contributed by atoms with Gasteiger partial charge in [0.05, 0.1) is 16.1 Å². The Bertz CT molecular complexity index is 447. The molecule has 1 aromatic rings. The van der Waals surface area contributed by atoms with Crippen LogP contribution in [0, 0.1) is 11.6 Å². The first-order valence-electron chi connectivity index (χ1n) is 5.93. The van der Waals surface area contributed by atoms with Crippen molar-refractivity contribution in [1.82, 2.24) is 5.32 Å². The monoisotopic (exact) mass is 319 g/mol. The molecule has 1 aromatic carbocycles. The third kappa shape index (κ3) is 2.44. The molecule has 18 heavy (non-hydrogen) atoms. The molecular formula is C13H16BrF2NO. The fraction of sp³-hybridized carbons (Fsp3) is 0.538. The van der Waals surface area contributed by atoms with Gasteiger partial charge in [-0.25, -0.2) is 8.78 Å². The van der Waals surface area contributed by atoms with E-state index >= 15 is 0 Å². The highest BCUT2D eigenvalue weighted by Gasteiger charge is 2.39. The van der Waals surface area contributed by atoms with Gasteiger partial charge >= 0.3 is 0 Å². The Labute approximate surface area is 114 Å². The summed E-state index contributed by atoms with van der Waals surface area (Å²) in [6, 6.07) is 2.03. The Balaban J connectivity index is 2.41. The van der Waals surface area contributed by atoms with E-state index in [0.29, 0.717) is 12.2 Å². The standard InChI is InChI=1S/C13H16BrF2NO/c1-13(4-3-5-18-13)12(17-2)8-6-11(16)9(14)7-10(8)15/h6-7,12,17H,3-5H2,1-2H3. The van der Waals surface area contributed by atoms with E-state index in [1.165, 1.54) is 6.07 Å². The highest BCUT2D eigenvalue weighted by Crippen LogP contribution is 2.38. The molecule has 2 unspecified atom stereocenters. The van der Waals surface area contributed by atoms with Crippen molar-refractivity contribution in [2.75, 3.05) is 13.7 Å². The maximum atomic E-state index is 14.0. The SMILES string of the molecule is CNC(c1cc(F)c(Br)cc1F)C1(C)CCCO1. The van der Waals surface area contributed by atoms with E-state index in [1.807, 2.05) is 6.92 Å². The fourth-order valence-corrected chi connectivity index (χ4v) is 2.89. The minimum absolute atomic E-state index is 0.135. The molecule has 0 bridgehead atoms. The van der Waals surface area contributed by atoms with Gasteiger partial charge in [0, 0.05) is 12.2 Å². The molecule has 0 saturated carbocycles. The van der Waals surface area contributed by atoms with E-state index in [4.69, 9.17) is 4.74 Å². The molecular weight excluding hydrogens is 304 g/mol. The Morgan fingerprint density at radius 2 is 2.11 bits per heavy atom. The second kappa shape index (κ2) is 5.23. The van der Waals surface area contributed by atoms with Gasteiger partial charge in [-0.15, -0.1) is 0 Å². The summed E-state index contributed by atoms with van der Waals surface area (Å²) in [4.78, 5) is 0. The average Bonchev–Trinajstić information content (AvgIpc) is 2.74. The molecule has 1 aliphatic heterocycles. The maximum absolute atomic E-state index is 14.0. The van der Waals surface area contributed by atoms with Crippen molar-refractivity contribution in [2.24, 2.45) is 0 Å². The molecule has 100 valence electrons. The second-order valence-corrected chi connectivity index (χ2v) is 5.63. The van der Waals surface area contributed by atoms with Crippen molar-refractivity contribution >= 4 is 15.9 Å². The lowest BCUT2D eigenvalue weighted by Gasteiger charge is -2.33. The van der Waals surface area contributed by atoms with Crippen LogP contribution in [0.5, 0.6) is 0 Å². The molecule has 0 radical (unpaired) electrons. The van der Waals surface area contributed by atoms with Crippen molar-refractivity contribution in [3.63, 3.8) is 0 Å². The van der Waals surface area contributed by atoms with Gasteiger partial charge in [0.1, 0.15) is 11.6 Å². The summed E-state index contributed by atoms with van der Waals surface area (Å²) in [7, 11) is 1.73. The number of hydrogen-bond acceptors (Lipinski definition) is 2. The van der Waals surface area contributed by atoms with Crippen LogP contribution in [0.15, 0.2) is 16.6 Å². The van der Waals surface area contributed by atoms with Crippen molar-refractivity contribution in [1.29, 1.82) is 0 Å². The first kappa shape index (κ1) is 13.9. The summed E-state index contributed by atoms with van der Waals surface area (Å²) >= 11 is 2.98. The Kier molecular flexibility index (Phi) is 4.04. The predicted octanol–water partition coefficient (Wildman–Crippen LogP) is 3.56. The molecule has 0 aliphatic carbocycles. The third-order valence-corrected chi connectivity index (χ3v) is 4.11. The summed E-state index contributed by atoms with van der Waals surface area (Å²) in [6.07, 6.45) is 1.77. The maximum Gasteiger partial charge on any atom is 0.137 e. The van der Waals surface area contributed by atoms with Gasteiger partial charge in [-0.1, -0.05) is 0 Å². The van der Waals surface area contributed by atoms with Gasteiger partial charge in [0.2, 0.25) is 0 Å². The van der Waals surface area contributed by atoms with Crippen molar-refractivity contribution in [3.05, 3.63) is 33.8 Å². The molecule has 0 amide bonds. The van der Waals surface area contributed by atoms with Crippen molar-refractivity contribution in [2.45, 2.75) is 31.4 Å². The van der Waals surface area contributed by atoms with Crippen LogP contribution in [0.2, 0.25) is 0 Å². The van der Waals surface area contributed by atoms with E-state index in [1.54, 1.807) is 7.05 Å². The van der Waals surface area contributed by atoms with Crippen LogP contribution in [0.25, 0.3) is 0 Å². The minimum Gasteiger partial charge on any atom is -0.373 e. The van der Waals surface area contributed by atoms with Gasteiger partial charge in [-0.05, 0) is 54.9 Å². The van der Waals surface area contributed by atoms with Crippen LogP contribution in [-0.4, -0.2) is 19.3 Å².